The molecule has 0 fully saturated rings. The molecule has 1 aliphatic rings. The van der Waals surface area contributed by atoms with E-state index in [1.54, 1.807) is 6.26 Å². The van der Waals surface area contributed by atoms with E-state index in [0.29, 0.717) is 24.1 Å². The van der Waals surface area contributed by atoms with Gasteiger partial charge in [-0.25, -0.2) is 0 Å². The Morgan fingerprint density at radius 1 is 1.41 bits per heavy atom. The van der Waals surface area contributed by atoms with Crippen molar-refractivity contribution in [1.29, 1.82) is 0 Å². The Balaban J connectivity index is 1.92. The van der Waals surface area contributed by atoms with E-state index >= 15 is 0 Å². The van der Waals surface area contributed by atoms with Crippen LogP contribution >= 0.6 is 0 Å². The first-order chi connectivity index (χ1) is 10.5. The molecule has 0 bridgehead atoms. The monoisotopic (exact) mass is 303 g/mol. The molecule has 22 heavy (non-hydrogen) atoms. The number of hydrogen-bond donors (Lipinski definition) is 2. The summed E-state index contributed by atoms with van der Waals surface area (Å²) in [6.45, 7) is 5.57. The second kappa shape index (κ2) is 5.74. The third kappa shape index (κ3) is 2.62. The second-order valence-electron chi connectivity index (χ2n) is 6.10. The predicted octanol–water partition coefficient (Wildman–Crippen LogP) is 3.24. The highest BCUT2D eigenvalue weighted by atomic mass is 16.6. The highest BCUT2D eigenvalue weighted by molar-refractivity contribution is 6.00. The number of aromatic nitrogens is 1. The molecule has 0 aromatic carbocycles. The highest BCUT2D eigenvalue weighted by Gasteiger charge is 2.33. The van der Waals surface area contributed by atoms with Crippen molar-refractivity contribution in [2.75, 3.05) is 0 Å². The number of furan rings is 1. The number of carbonyl (C=O) groups excluding carboxylic acids is 1. The first kappa shape index (κ1) is 15.1. The molecule has 0 aliphatic heterocycles. The lowest BCUT2D eigenvalue weighted by Gasteiger charge is -2.19. The van der Waals surface area contributed by atoms with Crippen LogP contribution in [0, 0.1) is 6.92 Å². The van der Waals surface area contributed by atoms with Crippen molar-refractivity contribution >= 4 is 5.78 Å². The number of carbonyl (C=O) groups is 1. The maximum atomic E-state index is 12.5. The van der Waals surface area contributed by atoms with Crippen LogP contribution in [0.3, 0.4) is 0 Å². The molecule has 2 heterocycles. The minimum atomic E-state index is -1.04. The van der Waals surface area contributed by atoms with E-state index in [-0.39, 0.29) is 17.8 Å². The van der Waals surface area contributed by atoms with Crippen LogP contribution in [0.15, 0.2) is 22.8 Å². The Bertz CT molecular complexity index is 669. The summed E-state index contributed by atoms with van der Waals surface area (Å²) >= 11 is 0. The predicted molar refractivity (Wildman–Crippen MR) is 80.8 cm³/mol. The van der Waals surface area contributed by atoms with Crippen LogP contribution in [0.1, 0.15) is 65.5 Å². The van der Waals surface area contributed by atoms with Crippen molar-refractivity contribution in [3.05, 3.63) is 46.7 Å². The lowest BCUT2D eigenvalue weighted by Crippen LogP contribution is -2.18. The fourth-order valence-electron chi connectivity index (χ4n) is 3.15. The maximum Gasteiger partial charge on any atom is 0.196 e. The van der Waals surface area contributed by atoms with Gasteiger partial charge in [-0.1, -0.05) is 0 Å². The number of aromatic amines is 1. The molecule has 0 radical (unpaired) electrons. The van der Waals surface area contributed by atoms with Crippen LogP contribution in [0.2, 0.25) is 0 Å². The summed E-state index contributed by atoms with van der Waals surface area (Å²) < 4.78 is 10.9. The number of ether oxygens (including phenoxy) is 1. The summed E-state index contributed by atoms with van der Waals surface area (Å²) in [6.07, 6.45) is 1.62. The molecule has 0 saturated carbocycles. The van der Waals surface area contributed by atoms with E-state index in [2.05, 4.69) is 4.98 Å². The van der Waals surface area contributed by atoms with E-state index in [4.69, 9.17) is 9.15 Å². The maximum absolute atomic E-state index is 12.5. The number of aliphatic hydroxyl groups is 1. The van der Waals surface area contributed by atoms with Crippen LogP contribution < -0.4 is 0 Å². The van der Waals surface area contributed by atoms with Gasteiger partial charge in [0, 0.05) is 23.6 Å². The summed E-state index contributed by atoms with van der Waals surface area (Å²) in [5.74, 6) is 0.954. The smallest absolute Gasteiger partial charge is 0.196 e. The molecule has 118 valence electrons. The third-order valence-electron chi connectivity index (χ3n) is 4.12. The Labute approximate surface area is 129 Å². The molecule has 5 heteroatoms. The molecule has 3 rings (SSSR count). The van der Waals surface area contributed by atoms with Gasteiger partial charge in [0.05, 0.1) is 18.1 Å². The number of aliphatic hydroxyl groups excluding tert-OH is 1. The van der Waals surface area contributed by atoms with Gasteiger partial charge >= 0.3 is 0 Å². The number of H-pyrrole nitrogens is 1. The minimum Gasteiger partial charge on any atom is -0.469 e. The van der Waals surface area contributed by atoms with E-state index in [0.717, 1.165) is 17.0 Å². The number of fused-ring (bicyclic) bond motifs is 1. The van der Waals surface area contributed by atoms with Crippen LogP contribution in [0.25, 0.3) is 0 Å². The van der Waals surface area contributed by atoms with E-state index in [1.807, 2.05) is 32.9 Å². The van der Waals surface area contributed by atoms with Gasteiger partial charge in [0.1, 0.15) is 5.76 Å². The molecular formula is C17H21NO4. The zero-order valence-electron chi connectivity index (χ0n) is 13.1. The average molecular weight is 303 g/mol. The third-order valence-corrected chi connectivity index (χ3v) is 4.12. The summed E-state index contributed by atoms with van der Waals surface area (Å²) in [4.78, 5) is 15.7. The molecular weight excluding hydrogens is 282 g/mol. The lowest BCUT2D eigenvalue weighted by atomic mass is 9.84. The Kier molecular flexibility index (Phi) is 3.93. The Hall–Kier alpha value is -1.85. The van der Waals surface area contributed by atoms with Crippen molar-refractivity contribution in [2.24, 2.45) is 0 Å². The molecule has 0 saturated heterocycles. The molecule has 0 spiro atoms. The van der Waals surface area contributed by atoms with Gasteiger partial charge in [-0.05, 0) is 44.9 Å². The molecule has 2 aromatic rings. The van der Waals surface area contributed by atoms with Crippen molar-refractivity contribution < 1.29 is 19.1 Å². The summed E-state index contributed by atoms with van der Waals surface area (Å²) in [5.41, 5.74) is 2.92. The van der Waals surface area contributed by atoms with Crippen LogP contribution in [0.5, 0.6) is 0 Å². The normalized spacial score (nSPS) is 19.5. The quantitative estimate of drug-likeness (QED) is 0.850. The zero-order valence-corrected chi connectivity index (χ0v) is 13.1. The number of Topliss-reactive ketones (excluding diaryl/α,β-unsaturated/α-hetero) is 1. The van der Waals surface area contributed by atoms with Crippen molar-refractivity contribution in [2.45, 2.75) is 51.9 Å². The van der Waals surface area contributed by atoms with Gasteiger partial charge < -0.3 is 19.2 Å². The van der Waals surface area contributed by atoms with Gasteiger partial charge in [-0.15, -0.1) is 0 Å². The molecule has 2 aromatic heterocycles. The van der Waals surface area contributed by atoms with Crippen LogP contribution in [-0.2, 0) is 11.2 Å². The summed E-state index contributed by atoms with van der Waals surface area (Å²) in [5, 5.41) is 10.2. The van der Waals surface area contributed by atoms with Crippen molar-refractivity contribution in [1.82, 2.24) is 4.98 Å². The van der Waals surface area contributed by atoms with Gasteiger partial charge in [0.2, 0.25) is 0 Å². The number of hydrogen-bond acceptors (Lipinski definition) is 4. The largest absolute Gasteiger partial charge is 0.469 e. The SMILES string of the molecule is Cc1c(C(O)OC(C)C)[nH]c2c1C(=O)CC(c1ccco1)C2. The fourth-order valence-corrected chi connectivity index (χ4v) is 3.15. The topological polar surface area (TPSA) is 75.5 Å². The highest BCUT2D eigenvalue weighted by Crippen LogP contribution is 2.36. The van der Waals surface area contributed by atoms with Crippen molar-refractivity contribution in [3.8, 4) is 0 Å². The minimum absolute atomic E-state index is 0.0454. The average Bonchev–Trinajstić information content (AvgIpc) is 3.06. The van der Waals surface area contributed by atoms with E-state index < -0.39 is 6.29 Å². The molecule has 2 atom stereocenters. The van der Waals surface area contributed by atoms with Gasteiger partial charge in [0.15, 0.2) is 12.1 Å². The second-order valence-corrected chi connectivity index (χ2v) is 6.10. The molecule has 0 amide bonds. The zero-order chi connectivity index (χ0) is 15.9. The van der Waals surface area contributed by atoms with Crippen molar-refractivity contribution in [3.63, 3.8) is 0 Å². The standard InChI is InChI=1S/C17H21NO4/c1-9(2)22-17(20)16-10(3)15-12(18-16)7-11(8-13(15)19)14-5-4-6-21-14/h4-6,9,11,17-18,20H,7-8H2,1-3H3. The molecule has 1 aliphatic carbocycles. The van der Waals surface area contributed by atoms with Gasteiger partial charge in [0.25, 0.3) is 0 Å². The Morgan fingerprint density at radius 3 is 2.82 bits per heavy atom. The van der Waals surface area contributed by atoms with Gasteiger partial charge in [-0.2, -0.15) is 0 Å². The number of rotatable bonds is 4. The summed E-state index contributed by atoms with van der Waals surface area (Å²) in [7, 11) is 0. The fraction of sp³-hybridized carbons (Fsp3) is 0.471. The molecule has 2 unspecified atom stereocenters. The first-order valence-corrected chi connectivity index (χ1v) is 7.58. The van der Waals surface area contributed by atoms with E-state index in [1.165, 1.54) is 0 Å². The lowest BCUT2D eigenvalue weighted by molar-refractivity contribution is -0.131. The van der Waals surface area contributed by atoms with Gasteiger partial charge in [-0.3, -0.25) is 4.79 Å². The molecule has 5 nitrogen and oxygen atoms in total. The Morgan fingerprint density at radius 2 is 2.18 bits per heavy atom. The molecule has 2 N–H and O–H groups in total. The summed E-state index contributed by atoms with van der Waals surface area (Å²) in [6, 6.07) is 3.73. The van der Waals surface area contributed by atoms with E-state index in [9.17, 15) is 9.90 Å². The van der Waals surface area contributed by atoms with Crippen LogP contribution in [0.4, 0.5) is 0 Å². The number of nitrogens with one attached hydrogen (secondary N) is 1. The number of ketones is 1. The first-order valence-electron chi connectivity index (χ1n) is 7.58. The van der Waals surface area contributed by atoms with Crippen LogP contribution in [-0.4, -0.2) is 22.0 Å².